The van der Waals surface area contributed by atoms with Crippen LogP contribution in [-0.2, 0) is 0 Å². The van der Waals surface area contributed by atoms with E-state index in [0.717, 1.165) is 13.1 Å². The molecule has 1 rings (SSSR count). The molecule has 1 heterocycles. The molecule has 0 atom stereocenters. The summed E-state index contributed by atoms with van der Waals surface area (Å²) < 4.78 is 0. The molecule has 1 nitrogen and oxygen atoms in total. The Hall–Kier alpha value is -0.820. The number of hydrogen-bond donors (Lipinski definition) is 1. The molecule has 0 aliphatic carbocycles. The SMILES string of the molecule is C/C=C\C(C)=C/C1=C(C)CNC1.CC. The molecule has 14 heavy (non-hydrogen) atoms. The van der Waals surface area contributed by atoms with Crippen molar-refractivity contribution in [3.05, 3.63) is 34.9 Å². The van der Waals surface area contributed by atoms with E-state index in [9.17, 15) is 0 Å². The van der Waals surface area contributed by atoms with Gasteiger partial charge < -0.3 is 5.32 Å². The zero-order chi connectivity index (χ0) is 11.0. The Morgan fingerprint density at radius 1 is 1.29 bits per heavy atom. The first-order valence-corrected chi connectivity index (χ1v) is 5.44. The lowest BCUT2D eigenvalue weighted by atomic mass is 10.1. The maximum Gasteiger partial charge on any atom is 0.0208 e. The predicted molar refractivity (Wildman–Crippen MR) is 65.5 cm³/mol. The summed E-state index contributed by atoms with van der Waals surface area (Å²) in [6, 6.07) is 0. The van der Waals surface area contributed by atoms with Crippen LogP contribution in [0, 0.1) is 0 Å². The van der Waals surface area contributed by atoms with E-state index >= 15 is 0 Å². The van der Waals surface area contributed by atoms with E-state index in [0.29, 0.717) is 0 Å². The fourth-order valence-corrected chi connectivity index (χ4v) is 1.41. The van der Waals surface area contributed by atoms with Crippen molar-refractivity contribution in [3.63, 3.8) is 0 Å². The third-order valence-electron chi connectivity index (χ3n) is 2.09. The smallest absolute Gasteiger partial charge is 0.0208 e. The van der Waals surface area contributed by atoms with E-state index in [-0.39, 0.29) is 0 Å². The molecule has 0 unspecified atom stereocenters. The Bertz CT molecular complexity index is 244. The third kappa shape index (κ3) is 4.43. The van der Waals surface area contributed by atoms with Crippen molar-refractivity contribution >= 4 is 0 Å². The third-order valence-corrected chi connectivity index (χ3v) is 2.09. The van der Waals surface area contributed by atoms with Crippen LogP contribution in [0.4, 0.5) is 0 Å². The van der Waals surface area contributed by atoms with Crippen molar-refractivity contribution in [2.75, 3.05) is 13.1 Å². The summed E-state index contributed by atoms with van der Waals surface area (Å²) in [6.07, 6.45) is 6.47. The molecule has 0 spiro atoms. The second-order valence-electron chi connectivity index (χ2n) is 3.30. The van der Waals surface area contributed by atoms with Crippen LogP contribution in [0.25, 0.3) is 0 Å². The van der Waals surface area contributed by atoms with E-state index < -0.39 is 0 Å². The van der Waals surface area contributed by atoms with Crippen molar-refractivity contribution in [2.45, 2.75) is 34.6 Å². The summed E-state index contributed by atoms with van der Waals surface area (Å²) in [5.41, 5.74) is 4.25. The van der Waals surface area contributed by atoms with E-state index in [1.807, 2.05) is 20.8 Å². The molecule has 1 heteroatoms. The second-order valence-corrected chi connectivity index (χ2v) is 3.30. The first kappa shape index (κ1) is 13.2. The first-order chi connectivity index (χ1) is 6.74. The summed E-state index contributed by atoms with van der Waals surface area (Å²) in [6.45, 7) is 12.5. The zero-order valence-corrected chi connectivity index (χ0v) is 10.1. The standard InChI is InChI=1S/C11H17N.C2H6/c1-4-5-9(2)6-11-8-12-7-10(11)3;1-2/h4-6,12H,7-8H2,1-3H3;1-2H3/b5-4-,9-6-;. The van der Waals surface area contributed by atoms with E-state index in [1.54, 1.807) is 0 Å². The monoisotopic (exact) mass is 193 g/mol. The molecule has 0 saturated carbocycles. The van der Waals surface area contributed by atoms with Gasteiger partial charge in [-0.2, -0.15) is 0 Å². The first-order valence-electron chi connectivity index (χ1n) is 5.44. The molecular weight excluding hydrogens is 170 g/mol. The molecule has 0 aromatic heterocycles. The van der Waals surface area contributed by atoms with Crippen LogP contribution >= 0.6 is 0 Å². The van der Waals surface area contributed by atoms with E-state index in [2.05, 4.69) is 37.4 Å². The highest BCUT2D eigenvalue weighted by molar-refractivity contribution is 5.35. The molecule has 1 N–H and O–H groups in total. The molecule has 0 aromatic carbocycles. The predicted octanol–water partition coefficient (Wildman–Crippen LogP) is 3.45. The van der Waals surface area contributed by atoms with E-state index in [4.69, 9.17) is 0 Å². The minimum atomic E-state index is 1.03. The van der Waals surface area contributed by atoms with Gasteiger partial charge in [-0.05, 0) is 26.3 Å². The van der Waals surface area contributed by atoms with Gasteiger partial charge in [-0.3, -0.25) is 0 Å². The van der Waals surface area contributed by atoms with Crippen molar-refractivity contribution in [1.29, 1.82) is 0 Å². The molecule has 0 aromatic rings. The minimum Gasteiger partial charge on any atom is -0.309 e. The van der Waals surface area contributed by atoms with Crippen molar-refractivity contribution in [2.24, 2.45) is 0 Å². The Labute approximate surface area is 88.6 Å². The molecule has 1 aliphatic rings. The van der Waals surface area contributed by atoms with Gasteiger partial charge in [0.2, 0.25) is 0 Å². The minimum absolute atomic E-state index is 1.03. The Morgan fingerprint density at radius 3 is 2.36 bits per heavy atom. The zero-order valence-electron chi connectivity index (χ0n) is 10.1. The van der Waals surface area contributed by atoms with Crippen LogP contribution in [0.5, 0.6) is 0 Å². The molecule has 0 bridgehead atoms. The highest BCUT2D eigenvalue weighted by Gasteiger charge is 2.06. The fourth-order valence-electron chi connectivity index (χ4n) is 1.41. The number of allylic oxidation sites excluding steroid dienone is 3. The maximum absolute atomic E-state index is 3.33. The van der Waals surface area contributed by atoms with Gasteiger partial charge in [0.1, 0.15) is 0 Å². The molecular formula is C13H23N. The molecule has 0 saturated heterocycles. The molecule has 0 amide bonds. The van der Waals surface area contributed by atoms with Gasteiger partial charge in [0.15, 0.2) is 0 Å². The van der Waals surface area contributed by atoms with Crippen molar-refractivity contribution in [1.82, 2.24) is 5.32 Å². The Balaban J connectivity index is 0.000000791. The second kappa shape index (κ2) is 7.57. The lowest BCUT2D eigenvalue weighted by Gasteiger charge is -1.96. The largest absolute Gasteiger partial charge is 0.309 e. The van der Waals surface area contributed by atoms with Crippen LogP contribution in [0.15, 0.2) is 34.9 Å². The van der Waals surface area contributed by atoms with Gasteiger partial charge in [-0.1, -0.05) is 43.2 Å². The van der Waals surface area contributed by atoms with Gasteiger partial charge in [0.05, 0.1) is 0 Å². The maximum atomic E-state index is 3.33. The summed E-state index contributed by atoms with van der Waals surface area (Å²) in [5.74, 6) is 0. The van der Waals surface area contributed by atoms with Gasteiger partial charge in [-0.25, -0.2) is 0 Å². The average molecular weight is 193 g/mol. The molecule has 80 valence electrons. The molecule has 0 radical (unpaired) electrons. The molecule has 1 aliphatic heterocycles. The number of rotatable bonds is 2. The van der Waals surface area contributed by atoms with Crippen LogP contribution in [0.1, 0.15) is 34.6 Å². The Morgan fingerprint density at radius 2 is 1.93 bits per heavy atom. The van der Waals surface area contributed by atoms with Crippen molar-refractivity contribution < 1.29 is 0 Å². The normalized spacial score (nSPS) is 17.4. The highest BCUT2D eigenvalue weighted by atomic mass is 14.9. The van der Waals surface area contributed by atoms with Gasteiger partial charge in [-0.15, -0.1) is 0 Å². The fraction of sp³-hybridized carbons (Fsp3) is 0.538. The van der Waals surface area contributed by atoms with Gasteiger partial charge >= 0.3 is 0 Å². The summed E-state index contributed by atoms with van der Waals surface area (Å²) in [5, 5.41) is 3.33. The summed E-state index contributed by atoms with van der Waals surface area (Å²) in [4.78, 5) is 0. The number of nitrogens with one attached hydrogen (secondary N) is 1. The van der Waals surface area contributed by atoms with Crippen LogP contribution in [-0.4, -0.2) is 13.1 Å². The lowest BCUT2D eigenvalue weighted by Crippen LogP contribution is -2.08. The summed E-state index contributed by atoms with van der Waals surface area (Å²) >= 11 is 0. The number of hydrogen-bond acceptors (Lipinski definition) is 1. The lowest BCUT2D eigenvalue weighted by molar-refractivity contribution is 0.868. The van der Waals surface area contributed by atoms with Gasteiger partial charge in [0, 0.05) is 13.1 Å². The quantitative estimate of drug-likeness (QED) is 0.662. The van der Waals surface area contributed by atoms with Crippen LogP contribution < -0.4 is 5.32 Å². The Kier molecular flexibility index (Phi) is 7.13. The topological polar surface area (TPSA) is 12.0 Å². The average Bonchev–Trinajstić information content (AvgIpc) is 2.56. The van der Waals surface area contributed by atoms with Gasteiger partial charge in [0.25, 0.3) is 0 Å². The summed E-state index contributed by atoms with van der Waals surface area (Å²) in [7, 11) is 0. The molecule has 0 fully saturated rings. The highest BCUT2D eigenvalue weighted by Crippen LogP contribution is 2.12. The van der Waals surface area contributed by atoms with E-state index in [1.165, 1.54) is 16.7 Å². The van der Waals surface area contributed by atoms with Crippen LogP contribution in [0.3, 0.4) is 0 Å². The van der Waals surface area contributed by atoms with Crippen molar-refractivity contribution in [3.8, 4) is 0 Å². The van der Waals surface area contributed by atoms with Crippen LogP contribution in [0.2, 0.25) is 0 Å².